The van der Waals surface area contributed by atoms with Crippen molar-refractivity contribution in [2.75, 3.05) is 0 Å². The molecule has 1 atom stereocenters. The SMILES string of the molecule is CCC1C=C1SN. The van der Waals surface area contributed by atoms with Crippen LogP contribution in [0.25, 0.3) is 0 Å². The van der Waals surface area contributed by atoms with Gasteiger partial charge in [-0.05, 0) is 6.42 Å². The number of hydrogen-bond acceptors (Lipinski definition) is 2. The van der Waals surface area contributed by atoms with E-state index < -0.39 is 0 Å². The fourth-order valence-electron chi connectivity index (χ4n) is 0.596. The molecule has 0 spiro atoms. The lowest BCUT2D eigenvalue weighted by Gasteiger charge is -1.85. The van der Waals surface area contributed by atoms with Crippen LogP contribution in [0.5, 0.6) is 0 Å². The van der Waals surface area contributed by atoms with Crippen LogP contribution in [0.3, 0.4) is 0 Å². The molecule has 0 heterocycles. The van der Waals surface area contributed by atoms with Gasteiger partial charge in [0, 0.05) is 10.8 Å². The van der Waals surface area contributed by atoms with Crippen LogP contribution in [0.15, 0.2) is 11.0 Å². The summed E-state index contributed by atoms with van der Waals surface area (Å²) in [6.07, 6.45) is 3.42. The normalized spacial score (nSPS) is 27.1. The first-order chi connectivity index (χ1) is 3.38. The van der Waals surface area contributed by atoms with E-state index in [1.54, 1.807) is 0 Å². The van der Waals surface area contributed by atoms with Gasteiger partial charge in [-0.25, -0.2) is 0 Å². The van der Waals surface area contributed by atoms with E-state index in [2.05, 4.69) is 13.0 Å². The average molecular weight is 115 g/mol. The maximum absolute atomic E-state index is 5.25. The van der Waals surface area contributed by atoms with Crippen molar-refractivity contribution in [2.24, 2.45) is 11.1 Å². The summed E-state index contributed by atoms with van der Waals surface area (Å²) in [5.41, 5.74) is 0. The molecule has 0 bridgehead atoms. The smallest absolute Gasteiger partial charge is 0.00967 e. The Labute approximate surface area is 48.1 Å². The molecule has 1 aliphatic rings. The first-order valence-corrected chi connectivity index (χ1v) is 3.35. The number of nitrogens with two attached hydrogens (primary N) is 1. The van der Waals surface area contributed by atoms with Gasteiger partial charge >= 0.3 is 0 Å². The lowest BCUT2D eigenvalue weighted by molar-refractivity contribution is 0.859. The highest BCUT2D eigenvalue weighted by atomic mass is 32.2. The van der Waals surface area contributed by atoms with Crippen molar-refractivity contribution in [1.82, 2.24) is 0 Å². The van der Waals surface area contributed by atoms with Gasteiger partial charge in [0.05, 0.1) is 0 Å². The summed E-state index contributed by atoms with van der Waals surface area (Å²) >= 11 is 1.38. The zero-order valence-electron chi connectivity index (χ0n) is 4.35. The van der Waals surface area contributed by atoms with E-state index in [0.29, 0.717) is 0 Å². The molecule has 0 saturated carbocycles. The zero-order chi connectivity index (χ0) is 5.28. The standard InChI is InChI=1S/C5H9NS/c1-2-4-3-5(4)7-6/h3-4H,2,6H2,1H3. The van der Waals surface area contributed by atoms with Crippen LogP contribution in [-0.2, 0) is 0 Å². The summed E-state index contributed by atoms with van der Waals surface area (Å²) in [7, 11) is 0. The summed E-state index contributed by atoms with van der Waals surface area (Å²) < 4.78 is 0. The Morgan fingerprint density at radius 1 is 2.00 bits per heavy atom. The van der Waals surface area contributed by atoms with Crippen LogP contribution in [-0.4, -0.2) is 0 Å². The predicted octanol–water partition coefficient (Wildman–Crippen LogP) is 1.52. The highest BCUT2D eigenvalue weighted by molar-refractivity contribution is 8.01. The lowest BCUT2D eigenvalue weighted by Crippen LogP contribution is -1.77. The van der Waals surface area contributed by atoms with E-state index in [4.69, 9.17) is 5.14 Å². The van der Waals surface area contributed by atoms with E-state index in [-0.39, 0.29) is 0 Å². The van der Waals surface area contributed by atoms with Crippen LogP contribution in [0.2, 0.25) is 0 Å². The molecule has 1 aliphatic carbocycles. The molecule has 1 nitrogen and oxygen atoms in total. The molecule has 0 aromatic rings. The van der Waals surface area contributed by atoms with Crippen LogP contribution >= 0.6 is 11.9 Å². The Morgan fingerprint density at radius 2 is 2.71 bits per heavy atom. The third-order valence-electron chi connectivity index (χ3n) is 1.20. The van der Waals surface area contributed by atoms with Gasteiger partial charge in [0.1, 0.15) is 0 Å². The van der Waals surface area contributed by atoms with Crippen molar-refractivity contribution in [3.63, 3.8) is 0 Å². The number of hydrogen-bond donors (Lipinski definition) is 1. The van der Waals surface area contributed by atoms with E-state index in [9.17, 15) is 0 Å². The highest BCUT2D eigenvalue weighted by Gasteiger charge is 2.20. The highest BCUT2D eigenvalue weighted by Crippen LogP contribution is 2.37. The van der Waals surface area contributed by atoms with E-state index in [1.807, 2.05) is 0 Å². The Kier molecular flexibility index (Phi) is 1.40. The molecular formula is C5H9NS. The molecule has 0 aromatic carbocycles. The molecule has 7 heavy (non-hydrogen) atoms. The Hall–Kier alpha value is 0.0500. The average Bonchev–Trinajstić information content (AvgIpc) is 2.43. The minimum absolute atomic E-state index is 0.745. The van der Waals surface area contributed by atoms with Gasteiger partial charge in [-0.15, -0.1) is 0 Å². The maximum atomic E-state index is 5.25. The first-order valence-electron chi connectivity index (χ1n) is 2.47. The minimum Gasteiger partial charge on any atom is -0.274 e. The fraction of sp³-hybridized carbons (Fsp3) is 0.600. The second-order valence-electron chi connectivity index (χ2n) is 1.70. The number of allylic oxidation sites excluding steroid dienone is 2. The van der Waals surface area contributed by atoms with E-state index >= 15 is 0 Å². The van der Waals surface area contributed by atoms with Crippen LogP contribution in [0.4, 0.5) is 0 Å². The molecule has 0 saturated heterocycles. The lowest BCUT2D eigenvalue weighted by atomic mass is 10.3. The van der Waals surface area contributed by atoms with Crippen molar-refractivity contribution in [3.05, 3.63) is 11.0 Å². The first kappa shape index (κ1) is 5.19. The van der Waals surface area contributed by atoms with Gasteiger partial charge in [-0.2, -0.15) is 0 Å². The zero-order valence-corrected chi connectivity index (χ0v) is 5.16. The van der Waals surface area contributed by atoms with Crippen LogP contribution < -0.4 is 5.14 Å². The van der Waals surface area contributed by atoms with Gasteiger partial charge in [0.15, 0.2) is 0 Å². The van der Waals surface area contributed by atoms with Crippen molar-refractivity contribution in [2.45, 2.75) is 13.3 Å². The molecule has 2 N–H and O–H groups in total. The van der Waals surface area contributed by atoms with Gasteiger partial charge in [0.2, 0.25) is 0 Å². The van der Waals surface area contributed by atoms with E-state index in [0.717, 1.165) is 5.92 Å². The van der Waals surface area contributed by atoms with Crippen molar-refractivity contribution in [3.8, 4) is 0 Å². The molecule has 0 amide bonds. The molecule has 0 fully saturated rings. The topological polar surface area (TPSA) is 26.0 Å². The summed E-state index contributed by atoms with van der Waals surface area (Å²) in [5, 5.41) is 5.25. The molecule has 0 aromatic heterocycles. The molecule has 0 aliphatic heterocycles. The van der Waals surface area contributed by atoms with Crippen LogP contribution in [0, 0.1) is 5.92 Å². The largest absolute Gasteiger partial charge is 0.274 e. The molecule has 2 heteroatoms. The quantitative estimate of drug-likeness (QED) is 0.552. The van der Waals surface area contributed by atoms with E-state index in [1.165, 1.54) is 23.3 Å². The molecular weight excluding hydrogens is 106 g/mol. The fourth-order valence-corrected chi connectivity index (χ4v) is 1.18. The van der Waals surface area contributed by atoms with Crippen molar-refractivity contribution >= 4 is 11.9 Å². The Morgan fingerprint density at radius 3 is 2.86 bits per heavy atom. The molecule has 1 rings (SSSR count). The second kappa shape index (κ2) is 1.88. The van der Waals surface area contributed by atoms with Crippen molar-refractivity contribution in [1.29, 1.82) is 0 Å². The van der Waals surface area contributed by atoms with Crippen molar-refractivity contribution < 1.29 is 0 Å². The monoisotopic (exact) mass is 115 g/mol. The summed E-state index contributed by atoms with van der Waals surface area (Å²) in [6.45, 7) is 2.17. The molecule has 0 radical (unpaired) electrons. The summed E-state index contributed by atoms with van der Waals surface area (Å²) in [6, 6.07) is 0. The minimum atomic E-state index is 0.745. The second-order valence-corrected chi connectivity index (χ2v) is 2.41. The predicted molar refractivity (Wildman–Crippen MR) is 33.6 cm³/mol. The molecule has 1 unspecified atom stereocenters. The third kappa shape index (κ3) is 0.983. The molecule has 40 valence electrons. The summed E-state index contributed by atoms with van der Waals surface area (Å²) in [4.78, 5) is 1.36. The maximum Gasteiger partial charge on any atom is 0.00967 e. The number of rotatable bonds is 2. The van der Waals surface area contributed by atoms with Gasteiger partial charge in [0.25, 0.3) is 0 Å². The Balaban J connectivity index is 2.14. The summed E-state index contributed by atoms with van der Waals surface area (Å²) in [5.74, 6) is 0.745. The Bertz CT molecular complexity index is 98.3. The van der Waals surface area contributed by atoms with Gasteiger partial charge in [-0.1, -0.05) is 24.9 Å². The van der Waals surface area contributed by atoms with Crippen LogP contribution in [0.1, 0.15) is 13.3 Å². The third-order valence-corrected chi connectivity index (χ3v) is 1.91. The van der Waals surface area contributed by atoms with Gasteiger partial charge < -0.3 is 0 Å². The van der Waals surface area contributed by atoms with Gasteiger partial charge in [-0.3, -0.25) is 5.14 Å².